The molecule has 0 aliphatic carbocycles. The molecule has 0 unspecified atom stereocenters. The lowest BCUT2D eigenvalue weighted by Gasteiger charge is -1.99. The van der Waals surface area contributed by atoms with Gasteiger partial charge in [-0.3, -0.25) is 4.40 Å². The molecule has 0 atom stereocenters. The maximum absolute atomic E-state index is 13.1. The van der Waals surface area contributed by atoms with Crippen LogP contribution in [0, 0.1) is 5.82 Å². The predicted molar refractivity (Wildman–Crippen MR) is 61.2 cm³/mol. The van der Waals surface area contributed by atoms with Gasteiger partial charge in [-0.15, -0.1) is 10.2 Å². The second kappa shape index (κ2) is 3.78. The molecule has 0 saturated heterocycles. The Morgan fingerprint density at radius 3 is 2.94 bits per heavy atom. The summed E-state index contributed by atoms with van der Waals surface area (Å²) in [6.45, 7) is 0. The smallest absolute Gasteiger partial charge is 0.198 e. The Hall–Kier alpha value is -2.01. The minimum atomic E-state index is -0.320. The van der Waals surface area contributed by atoms with Crippen molar-refractivity contribution >= 4 is 17.2 Å². The van der Waals surface area contributed by atoms with Gasteiger partial charge in [0.15, 0.2) is 16.6 Å². The quantitative estimate of drug-likeness (QED) is 0.665. The first-order valence-corrected chi connectivity index (χ1v) is 5.25. The molecule has 0 spiro atoms. The van der Waals surface area contributed by atoms with E-state index in [9.17, 15) is 4.39 Å². The minimum Gasteiger partial charge on any atom is -0.278 e. The van der Waals surface area contributed by atoms with E-state index in [-0.39, 0.29) is 11.0 Å². The first kappa shape index (κ1) is 10.2. The van der Waals surface area contributed by atoms with Crippen LogP contribution in [-0.4, -0.2) is 19.6 Å². The van der Waals surface area contributed by atoms with E-state index in [1.54, 1.807) is 28.9 Å². The molecule has 0 aliphatic rings. The van der Waals surface area contributed by atoms with Gasteiger partial charge in [0.25, 0.3) is 0 Å². The summed E-state index contributed by atoms with van der Waals surface area (Å²) in [4.78, 5) is 3.90. The van der Waals surface area contributed by atoms with Crippen molar-refractivity contribution in [2.75, 3.05) is 0 Å². The van der Waals surface area contributed by atoms with E-state index in [2.05, 4.69) is 15.2 Å². The van der Waals surface area contributed by atoms with Crippen LogP contribution in [-0.2, 0) is 0 Å². The maximum atomic E-state index is 13.1. The molecule has 3 aromatic rings. The van der Waals surface area contributed by atoms with Gasteiger partial charge in [0.1, 0.15) is 5.82 Å². The Morgan fingerprint density at radius 2 is 2.12 bits per heavy atom. The first-order chi connectivity index (χ1) is 8.25. The molecule has 0 bridgehead atoms. The normalized spacial score (nSPS) is 10.9. The van der Waals surface area contributed by atoms with Crippen LogP contribution in [0.3, 0.4) is 0 Å². The number of halogens is 2. The van der Waals surface area contributed by atoms with Crippen molar-refractivity contribution in [3.05, 3.63) is 47.6 Å². The second-order valence-corrected chi connectivity index (χ2v) is 3.80. The molecule has 0 aliphatic heterocycles. The zero-order chi connectivity index (χ0) is 11.8. The highest BCUT2D eigenvalue weighted by Gasteiger charge is 2.10. The van der Waals surface area contributed by atoms with E-state index >= 15 is 0 Å². The lowest BCUT2D eigenvalue weighted by Crippen LogP contribution is -1.91. The Kier molecular flexibility index (Phi) is 2.26. The van der Waals surface area contributed by atoms with Crippen molar-refractivity contribution in [2.24, 2.45) is 0 Å². The van der Waals surface area contributed by atoms with Gasteiger partial charge >= 0.3 is 0 Å². The molecule has 4 nitrogen and oxygen atoms in total. The Balaban J connectivity index is 2.28. The van der Waals surface area contributed by atoms with Gasteiger partial charge in [0.2, 0.25) is 0 Å². The summed E-state index contributed by atoms with van der Waals surface area (Å²) < 4.78 is 14.8. The van der Waals surface area contributed by atoms with E-state index < -0.39 is 0 Å². The Morgan fingerprint density at radius 1 is 1.24 bits per heavy atom. The van der Waals surface area contributed by atoms with Gasteiger partial charge in [0, 0.05) is 18.0 Å². The van der Waals surface area contributed by atoms with Crippen LogP contribution >= 0.6 is 11.6 Å². The fraction of sp³-hybridized carbons (Fsp3) is 0. The first-order valence-electron chi connectivity index (χ1n) is 4.87. The molecule has 3 rings (SSSR count). The van der Waals surface area contributed by atoms with Gasteiger partial charge in [-0.05, 0) is 12.1 Å². The summed E-state index contributed by atoms with van der Waals surface area (Å²) in [6.07, 6.45) is 3.23. The predicted octanol–water partition coefficient (Wildman–Crippen LogP) is 2.58. The lowest BCUT2D eigenvalue weighted by molar-refractivity contribution is 0.628. The summed E-state index contributed by atoms with van der Waals surface area (Å²) >= 11 is 5.88. The summed E-state index contributed by atoms with van der Waals surface area (Å²) in [6, 6.07) is 6.15. The number of benzene rings is 1. The molecule has 6 heteroatoms. The molecule has 17 heavy (non-hydrogen) atoms. The van der Waals surface area contributed by atoms with Crippen LogP contribution in [0.2, 0.25) is 5.15 Å². The number of rotatable bonds is 1. The maximum Gasteiger partial charge on any atom is 0.198 e. The van der Waals surface area contributed by atoms with Crippen molar-refractivity contribution < 1.29 is 4.39 Å². The molecule has 2 heterocycles. The van der Waals surface area contributed by atoms with E-state index in [1.807, 2.05) is 0 Å². The summed E-state index contributed by atoms with van der Waals surface area (Å²) in [5, 5.41) is 8.18. The van der Waals surface area contributed by atoms with E-state index in [1.165, 1.54) is 12.1 Å². The van der Waals surface area contributed by atoms with E-state index in [0.29, 0.717) is 17.0 Å². The van der Waals surface area contributed by atoms with Crippen LogP contribution in [0.1, 0.15) is 0 Å². The third kappa shape index (κ3) is 1.64. The number of fused-ring (bicyclic) bond motifs is 1. The zero-order valence-corrected chi connectivity index (χ0v) is 9.26. The van der Waals surface area contributed by atoms with E-state index in [4.69, 9.17) is 11.6 Å². The van der Waals surface area contributed by atoms with E-state index in [0.717, 1.165) is 0 Å². The molecule has 0 radical (unpaired) electrons. The van der Waals surface area contributed by atoms with Gasteiger partial charge in [-0.2, -0.15) is 0 Å². The summed E-state index contributed by atoms with van der Waals surface area (Å²) in [5.41, 5.74) is 1.09. The molecular formula is C11H6ClFN4. The van der Waals surface area contributed by atoms with Crippen molar-refractivity contribution in [2.45, 2.75) is 0 Å². The Bertz CT molecular complexity index is 695. The highest BCUT2D eigenvalue weighted by atomic mass is 35.5. The van der Waals surface area contributed by atoms with Crippen LogP contribution < -0.4 is 0 Å². The second-order valence-electron chi connectivity index (χ2n) is 3.45. The Labute approximate surface area is 101 Å². The van der Waals surface area contributed by atoms with Gasteiger partial charge in [-0.25, -0.2) is 9.37 Å². The summed E-state index contributed by atoms with van der Waals surface area (Å²) in [5.74, 6) is 0.211. The highest BCUT2D eigenvalue weighted by molar-refractivity contribution is 6.32. The van der Waals surface area contributed by atoms with Gasteiger partial charge in [-0.1, -0.05) is 23.7 Å². The topological polar surface area (TPSA) is 43.1 Å². The average Bonchev–Trinajstić information content (AvgIpc) is 2.74. The van der Waals surface area contributed by atoms with Crippen LogP contribution in [0.5, 0.6) is 0 Å². The molecular weight excluding hydrogens is 243 g/mol. The SMILES string of the molecule is Fc1cccc(-c2nnc3c(Cl)nccn23)c1. The highest BCUT2D eigenvalue weighted by Crippen LogP contribution is 2.21. The number of hydrogen-bond donors (Lipinski definition) is 0. The van der Waals surface area contributed by atoms with Gasteiger partial charge < -0.3 is 0 Å². The van der Waals surface area contributed by atoms with Crippen LogP contribution in [0.4, 0.5) is 4.39 Å². The lowest BCUT2D eigenvalue weighted by atomic mass is 10.2. The fourth-order valence-corrected chi connectivity index (χ4v) is 1.81. The molecule has 0 amide bonds. The molecule has 84 valence electrons. The van der Waals surface area contributed by atoms with Crippen molar-refractivity contribution in [3.63, 3.8) is 0 Å². The van der Waals surface area contributed by atoms with Crippen LogP contribution in [0.15, 0.2) is 36.7 Å². The molecule has 1 aromatic carbocycles. The average molecular weight is 249 g/mol. The largest absolute Gasteiger partial charge is 0.278 e. The van der Waals surface area contributed by atoms with Crippen molar-refractivity contribution in [1.29, 1.82) is 0 Å². The third-order valence-corrected chi connectivity index (χ3v) is 2.63. The monoisotopic (exact) mass is 248 g/mol. The summed E-state index contributed by atoms with van der Waals surface area (Å²) in [7, 11) is 0. The third-order valence-electron chi connectivity index (χ3n) is 2.37. The molecule has 0 saturated carbocycles. The molecule has 2 aromatic heterocycles. The zero-order valence-electron chi connectivity index (χ0n) is 8.51. The number of hydrogen-bond acceptors (Lipinski definition) is 3. The fourth-order valence-electron chi connectivity index (χ4n) is 1.62. The van der Waals surface area contributed by atoms with Crippen LogP contribution in [0.25, 0.3) is 17.0 Å². The molecule has 0 N–H and O–H groups in total. The minimum absolute atomic E-state index is 0.266. The molecule has 0 fully saturated rings. The number of nitrogens with zero attached hydrogens (tertiary/aromatic N) is 4. The van der Waals surface area contributed by atoms with Crippen molar-refractivity contribution in [1.82, 2.24) is 19.6 Å². The van der Waals surface area contributed by atoms with Gasteiger partial charge in [0.05, 0.1) is 0 Å². The standard InChI is InChI=1S/C11H6ClFN4/c12-9-11-16-15-10(17(11)5-4-14-9)7-2-1-3-8(13)6-7/h1-6H. The van der Waals surface area contributed by atoms with Crippen molar-refractivity contribution in [3.8, 4) is 11.4 Å². The number of aromatic nitrogens is 4.